The van der Waals surface area contributed by atoms with Gasteiger partial charge in [-0.25, -0.2) is 0 Å². The number of thiophene rings is 1. The summed E-state index contributed by atoms with van der Waals surface area (Å²) < 4.78 is 0.252. The van der Waals surface area contributed by atoms with Crippen LogP contribution in [0.4, 0.5) is 0 Å². The van der Waals surface area contributed by atoms with Gasteiger partial charge in [-0.1, -0.05) is 6.08 Å². The normalized spacial score (nSPS) is 22.8. The van der Waals surface area contributed by atoms with Gasteiger partial charge in [-0.3, -0.25) is 0 Å². The van der Waals surface area contributed by atoms with Gasteiger partial charge in [-0.2, -0.15) is 0 Å². The molecule has 12 heavy (non-hydrogen) atoms. The highest BCUT2D eigenvalue weighted by atomic mass is 35.5. The number of hydrogen-bond acceptors (Lipinski definition) is 2. The van der Waals surface area contributed by atoms with E-state index in [-0.39, 0.29) is 4.71 Å². The Balaban J connectivity index is 2.21. The van der Waals surface area contributed by atoms with Gasteiger partial charge in [0.1, 0.15) is 0 Å². The van der Waals surface area contributed by atoms with Crippen LogP contribution in [0, 0.1) is 6.92 Å². The molecule has 0 radical (unpaired) electrons. The molecule has 0 bridgehead atoms. The Bertz CT molecular complexity index is 314. The molecule has 2 heterocycles. The first-order valence-corrected chi connectivity index (χ1v) is 5.96. The van der Waals surface area contributed by atoms with Crippen molar-refractivity contribution in [3.63, 3.8) is 0 Å². The summed E-state index contributed by atoms with van der Waals surface area (Å²) in [4.78, 5) is 4.08. The highest BCUT2D eigenvalue weighted by Crippen LogP contribution is 2.42. The summed E-state index contributed by atoms with van der Waals surface area (Å²) in [6.45, 7) is 2.13. The van der Waals surface area contributed by atoms with Gasteiger partial charge in [-0.05, 0) is 25.5 Å². The fraction of sp³-hybridized carbons (Fsp3) is 0.333. The number of alkyl halides is 1. The Kier molecular flexibility index (Phi) is 2.49. The molecule has 1 aromatic rings. The van der Waals surface area contributed by atoms with Gasteiger partial charge in [-0.15, -0.1) is 34.7 Å². The van der Waals surface area contributed by atoms with Crippen molar-refractivity contribution in [3.05, 3.63) is 28.0 Å². The molecule has 1 aromatic heterocycles. The second-order valence-electron chi connectivity index (χ2n) is 2.74. The molecule has 0 N–H and O–H groups in total. The summed E-state index contributed by atoms with van der Waals surface area (Å²) in [6.07, 6.45) is 3.23. The van der Waals surface area contributed by atoms with E-state index in [2.05, 4.69) is 25.1 Å². The Hall–Kier alpha value is 0.0800. The van der Waals surface area contributed by atoms with Gasteiger partial charge in [0.05, 0.1) is 4.71 Å². The van der Waals surface area contributed by atoms with E-state index in [0.717, 1.165) is 6.42 Å². The van der Waals surface area contributed by atoms with E-state index < -0.39 is 0 Å². The first-order chi connectivity index (χ1) is 5.75. The summed E-state index contributed by atoms with van der Waals surface area (Å²) in [6, 6.07) is 4.33. The lowest BCUT2D eigenvalue weighted by atomic mass is 10.3. The minimum absolute atomic E-state index is 0.252. The number of allylic oxidation sites excluding steroid dienone is 1. The van der Waals surface area contributed by atoms with Crippen molar-refractivity contribution in [3.8, 4) is 0 Å². The zero-order valence-corrected chi connectivity index (χ0v) is 9.10. The van der Waals surface area contributed by atoms with Crippen LogP contribution in [0.2, 0.25) is 0 Å². The smallest absolute Gasteiger partial charge is 0.0871 e. The average Bonchev–Trinajstić information content (AvgIpc) is 2.58. The first-order valence-electron chi connectivity index (χ1n) is 3.83. The summed E-state index contributed by atoms with van der Waals surface area (Å²) in [5.74, 6) is 0. The zero-order valence-electron chi connectivity index (χ0n) is 6.71. The molecule has 1 unspecified atom stereocenters. The molecule has 1 aliphatic heterocycles. The molecule has 3 heteroatoms. The Labute approximate surface area is 85.6 Å². The number of thioether (sulfide) groups is 1. The van der Waals surface area contributed by atoms with Crippen LogP contribution in [0.5, 0.6) is 0 Å². The molecule has 0 spiro atoms. The van der Waals surface area contributed by atoms with Crippen LogP contribution in [0.1, 0.15) is 16.2 Å². The minimum atomic E-state index is 0.252. The molecule has 64 valence electrons. The van der Waals surface area contributed by atoms with E-state index in [1.807, 2.05) is 11.3 Å². The highest BCUT2D eigenvalue weighted by Gasteiger charge is 2.16. The molecule has 0 saturated heterocycles. The summed E-state index contributed by atoms with van der Waals surface area (Å²) in [7, 11) is 0. The Morgan fingerprint density at radius 1 is 1.50 bits per heavy atom. The standard InChI is InChI=1S/C9H9ClS2/c1-6-2-3-7(11-6)8-4-5-9(10)12-8/h2-4,9H,5H2,1H3. The number of halogens is 1. The van der Waals surface area contributed by atoms with E-state index in [1.165, 1.54) is 14.7 Å². The number of rotatable bonds is 1. The topological polar surface area (TPSA) is 0 Å². The van der Waals surface area contributed by atoms with Gasteiger partial charge >= 0.3 is 0 Å². The molecule has 0 aliphatic carbocycles. The lowest BCUT2D eigenvalue weighted by molar-refractivity contribution is 1.20. The maximum atomic E-state index is 5.98. The zero-order chi connectivity index (χ0) is 8.55. The molecule has 2 rings (SSSR count). The van der Waals surface area contributed by atoms with Crippen LogP contribution in [-0.4, -0.2) is 4.71 Å². The summed E-state index contributed by atoms with van der Waals surface area (Å²) in [5.41, 5.74) is 0. The summed E-state index contributed by atoms with van der Waals surface area (Å²) >= 11 is 9.59. The van der Waals surface area contributed by atoms with Crippen molar-refractivity contribution < 1.29 is 0 Å². The van der Waals surface area contributed by atoms with Crippen molar-refractivity contribution in [1.29, 1.82) is 0 Å². The van der Waals surface area contributed by atoms with Gasteiger partial charge in [0, 0.05) is 14.7 Å². The second-order valence-corrected chi connectivity index (χ2v) is 6.06. The monoisotopic (exact) mass is 216 g/mol. The lowest BCUT2D eigenvalue weighted by Crippen LogP contribution is -1.78. The molecule has 0 amide bonds. The van der Waals surface area contributed by atoms with E-state index in [4.69, 9.17) is 11.6 Å². The molecule has 0 aromatic carbocycles. The molecular formula is C9H9ClS2. The van der Waals surface area contributed by atoms with Gasteiger partial charge in [0.2, 0.25) is 0 Å². The molecule has 0 saturated carbocycles. The van der Waals surface area contributed by atoms with Gasteiger partial charge in [0.15, 0.2) is 0 Å². The Morgan fingerprint density at radius 3 is 2.83 bits per heavy atom. The number of hydrogen-bond donors (Lipinski definition) is 0. The Morgan fingerprint density at radius 2 is 2.33 bits per heavy atom. The van der Waals surface area contributed by atoms with E-state index >= 15 is 0 Å². The maximum absolute atomic E-state index is 5.98. The molecule has 1 atom stereocenters. The minimum Gasteiger partial charge on any atom is -0.140 e. The van der Waals surface area contributed by atoms with Crippen molar-refractivity contribution in [2.75, 3.05) is 0 Å². The number of aryl methyl sites for hydroxylation is 1. The van der Waals surface area contributed by atoms with Crippen molar-refractivity contribution in [2.45, 2.75) is 18.1 Å². The van der Waals surface area contributed by atoms with Crippen LogP contribution >= 0.6 is 34.7 Å². The van der Waals surface area contributed by atoms with Crippen LogP contribution in [-0.2, 0) is 0 Å². The molecule has 0 nitrogen and oxygen atoms in total. The highest BCUT2D eigenvalue weighted by molar-refractivity contribution is 8.10. The largest absolute Gasteiger partial charge is 0.140 e. The maximum Gasteiger partial charge on any atom is 0.0871 e. The van der Waals surface area contributed by atoms with Gasteiger partial charge < -0.3 is 0 Å². The van der Waals surface area contributed by atoms with Crippen LogP contribution < -0.4 is 0 Å². The van der Waals surface area contributed by atoms with Crippen molar-refractivity contribution >= 4 is 39.6 Å². The van der Waals surface area contributed by atoms with Crippen LogP contribution in [0.15, 0.2) is 18.2 Å². The second kappa shape index (κ2) is 3.44. The first kappa shape index (κ1) is 8.67. The van der Waals surface area contributed by atoms with Crippen LogP contribution in [0.3, 0.4) is 0 Å². The third kappa shape index (κ3) is 1.70. The van der Waals surface area contributed by atoms with Crippen LogP contribution in [0.25, 0.3) is 4.91 Å². The third-order valence-corrected chi connectivity index (χ3v) is 4.42. The average molecular weight is 217 g/mol. The van der Waals surface area contributed by atoms with Crippen molar-refractivity contribution in [1.82, 2.24) is 0 Å². The van der Waals surface area contributed by atoms with E-state index in [1.54, 1.807) is 11.8 Å². The SMILES string of the molecule is Cc1ccc(C2=CCC(Cl)S2)s1. The summed E-state index contributed by atoms with van der Waals surface area (Å²) in [5, 5.41) is 0. The lowest BCUT2D eigenvalue weighted by Gasteiger charge is -1.97. The van der Waals surface area contributed by atoms with Crippen molar-refractivity contribution in [2.24, 2.45) is 0 Å². The van der Waals surface area contributed by atoms with E-state index in [0.29, 0.717) is 0 Å². The quantitative estimate of drug-likeness (QED) is 0.637. The predicted octanol–water partition coefficient (Wildman–Crippen LogP) is 4.10. The molecular weight excluding hydrogens is 208 g/mol. The molecule has 1 aliphatic rings. The predicted molar refractivity (Wildman–Crippen MR) is 58.9 cm³/mol. The third-order valence-electron chi connectivity index (χ3n) is 1.73. The molecule has 0 fully saturated rings. The fourth-order valence-electron chi connectivity index (χ4n) is 1.16. The van der Waals surface area contributed by atoms with Gasteiger partial charge in [0.25, 0.3) is 0 Å². The van der Waals surface area contributed by atoms with E-state index in [9.17, 15) is 0 Å². The fourth-order valence-corrected chi connectivity index (χ4v) is 3.45.